The maximum absolute atomic E-state index is 11.4. The van der Waals surface area contributed by atoms with Crippen LogP contribution in [0.15, 0.2) is 53.6 Å². The molecule has 0 spiro atoms. The molecule has 6 atom stereocenters. The molecule has 2 aromatic carbocycles. The number of fused-ring (bicyclic) bond motifs is 2. The third-order valence-electron chi connectivity index (χ3n) is 6.59. The third-order valence-corrected chi connectivity index (χ3v) is 7.75. The molecule has 12 heteroatoms. The molecule has 4 aromatic rings. The number of ether oxygens (including phenoxy) is 3. The second-order valence-corrected chi connectivity index (χ2v) is 10.1. The van der Waals surface area contributed by atoms with Gasteiger partial charge in [0.2, 0.25) is 0 Å². The minimum atomic E-state index is -1.21. The Balaban J connectivity index is 1.34. The van der Waals surface area contributed by atoms with Crippen LogP contribution < -0.4 is 0 Å². The van der Waals surface area contributed by atoms with E-state index in [-0.39, 0.29) is 6.61 Å². The molecule has 0 aliphatic carbocycles. The number of hydrogen-bond acceptors (Lipinski definition) is 9. The molecule has 4 unspecified atom stereocenters. The first-order valence-electron chi connectivity index (χ1n) is 12.1. The predicted octanol–water partition coefficient (Wildman–Crippen LogP) is 4.34. The number of nitrogens with zero attached hydrogens (tertiary/aromatic N) is 7. The maximum Gasteiger partial charge on any atom is 0.184 e. The van der Waals surface area contributed by atoms with Crippen molar-refractivity contribution in [3.05, 3.63) is 81.2 Å². The summed E-state index contributed by atoms with van der Waals surface area (Å²) >= 11 is 1.63. The number of aliphatic hydroxyl groups excluding tert-OH is 1. The first kappa shape index (κ1) is 24.0. The zero-order valence-electron chi connectivity index (χ0n) is 20.2. The lowest BCUT2D eigenvalue weighted by Gasteiger charge is -2.46. The summed E-state index contributed by atoms with van der Waals surface area (Å²) in [5.74, 6) is 0.929. The van der Waals surface area contributed by atoms with E-state index >= 15 is 0 Å². The zero-order chi connectivity index (χ0) is 25.5. The Hall–Kier alpha value is -3.38. The van der Waals surface area contributed by atoms with E-state index in [1.807, 2.05) is 48.5 Å². The minimum absolute atomic E-state index is 0.199. The summed E-state index contributed by atoms with van der Waals surface area (Å²) in [5.41, 5.74) is 11.8. The van der Waals surface area contributed by atoms with Crippen LogP contribution in [0.5, 0.6) is 0 Å². The Morgan fingerprint density at radius 3 is 2.81 bits per heavy atom. The fourth-order valence-electron chi connectivity index (χ4n) is 4.85. The van der Waals surface area contributed by atoms with E-state index in [1.54, 1.807) is 22.9 Å². The second-order valence-electron chi connectivity index (χ2n) is 9.00. The van der Waals surface area contributed by atoms with Gasteiger partial charge in [0.1, 0.15) is 24.1 Å². The molecule has 0 bridgehead atoms. The van der Waals surface area contributed by atoms with Crippen molar-refractivity contribution in [3.63, 3.8) is 0 Å². The van der Waals surface area contributed by atoms with Gasteiger partial charge in [-0.1, -0.05) is 42.4 Å². The monoisotopic (exact) mass is 519 g/mol. The molecule has 11 nitrogen and oxygen atoms in total. The Morgan fingerprint density at radius 1 is 1.19 bits per heavy atom. The molecule has 0 amide bonds. The van der Waals surface area contributed by atoms with Crippen molar-refractivity contribution in [1.82, 2.24) is 19.7 Å². The number of benzene rings is 2. The van der Waals surface area contributed by atoms with Crippen LogP contribution in [0.25, 0.3) is 26.3 Å². The molecule has 2 aliphatic heterocycles. The molecule has 190 valence electrons. The van der Waals surface area contributed by atoms with E-state index in [0.717, 1.165) is 32.9 Å². The standard InChI is InChI=1S/C25H25N7O4S/c1-3-19-28-16-10-9-15(11-18(16)37-19)32-24(27-13(2)30-32)23-21(33)20(29-31-26)22-17(35-23)12-34-25(36-22)14-7-5-4-6-8-14/h4-11,17,20-23,25,33H,3,12H2,1-2H3/t17?,20?,21?,22-,23+,25?/m0/s1. The van der Waals surface area contributed by atoms with E-state index in [1.165, 1.54) is 0 Å². The van der Waals surface area contributed by atoms with Crippen LogP contribution >= 0.6 is 11.3 Å². The summed E-state index contributed by atoms with van der Waals surface area (Å²) in [4.78, 5) is 12.2. The third kappa shape index (κ3) is 4.37. The molecule has 0 saturated carbocycles. The van der Waals surface area contributed by atoms with Gasteiger partial charge in [-0.25, -0.2) is 14.6 Å². The largest absolute Gasteiger partial charge is 0.389 e. The summed E-state index contributed by atoms with van der Waals surface area (Å²) in [6.07, 6.45) is -3.20. The molecular weight excluding hydrogens is 494 g/mol. The smallest absolute Gasteiger partial charge is 0.184 e. The van der Waals surface area contributed by atoms with Crippen LogP contribution in [0.3, 0.4) is 0 Å². The first-order valence-corrected chi connectivity index (χ1v) is 12.9. The van der Waals surface area contributed by atoms with E-state index in [2.05, 4.69) is 32.0 Å². The quantitative estimate of drug-likeness (QED) is 0.235. The topological polar surface area (TPSA) is 140 Å². The van der Waals surface area contributed by atoms with Gasteiger partial charge in [-0.05, 0) is 37.1 Å². The number of aryl methyl sites for hydroxylation is 2. The molecule has 4 heterocycles. The lowest BCUT2D eigenvalue weighted by molar-refractivity contribution is -0.309. The summed E-state index contributed by atoms with van der Waals surface area (Å²) in [5, 5.41) is 21.0. The van der Waals surface area contributed by atoms with Crippen molar-refractivity contribution in [2.45, 2.75) is 57.0 Å². The van der Waals surface area contributed by atoms with Crippen molar-refractivity contribution in [3.8, 4) is 5.69 Å². The minimum Gasteiger partial charge on any atom is -0.389 e. The van der Waals surface area contributed by atoms with Gasteiger partial charge >= 0.3 is 0 Å². The summed E-state index contributed by atoms with van der Waals surface area (Å²) < 4.78 is 21.1. The van der Waals surface area contributed by atoms with Crippen molar-refractivity contribution >= 4 is 21.6 Å². The molecule has 2 aliphatic rings. The number of aliphatic hydroxyl groups is 1. The van der Waals surface area contributed by atoms with Gasteiger partial charge in [0.15, 0.2) is 12.1 Å². The predicted molar refractivity (Wildman–Crippen MR) is 135 cm³/mol. The van der Waals surface area contributed by atoms with Crippen LogP contribution in [0, 0.1) is 6.92 Å². The van der Waals surface area contributed by atoms with E-state index in [0.29, 0.717) is 11.6 Å². The molecule has 2 fully saturated rings. The Labute approximate surface area is 216 Å². The Bertz CT molecular complexity index is 1470. The van der Waals surface area contributed by atoms with Crippen LogP contribution in [0.1, 0.15) is 41.5 Å². The molecule has 0 radical (unpaired) electrons. The molecule has 6 rings (SSSR count). The number of aromatic nitrogens is 4. The van der Waals surface area contributed by atoms with Gasteiger partial charge in [-0.2, -0.15) is 5.10 Å². The van der Waals surface area contributed by atoms with Crippen LogP contribution in [-0.2, 0) is 20.6 Å². The molecule has 2 saturated heterocycles. The highest BCUT2D eigenvalue weighted by atomic mass is 32.1. The second kappa shape index (κ2) is 9.82. The van der Waals surface area contributed by atoms with Gasteiger partial charge in [0, 0.05) is 10.5 Å². The van der Waals surface area contributed by atoms with Crippen molar-refractivity contribution in [2.75, 3.05) is 6.61 Å². The highest BCUT2D eigenvalue weighted by Gasteiger charge is 2.51. The maximum atomic E-state index is 11.4. The van der Waals surface area contributed by atoms with Gasteiger partial charge in [-0.3, -0.25) is 0 Å². The van der Waals surface area contributed by atoms with Crippen molar-refractivity contribution in [1.29, 1.82) is 0 Å². The lowest BCUT2D eigenvalue weighted by Crippen LogP contribution is -2.58. The first-order chi connectivity index (χ1) is 18.1. The van der Waals surface area contributed by atoms with E-state index in [4.69, 9.17) is 14.2 Å². The Kier molecular flexibility index (Phi) is 6.37. The zero-order valence-corrected chi connectivity index (χ0v) is 21.0. The van der Waals surface area contributed by atoms with Crippen molar-refractivity contribution < 1.29 is 19.3 Å². The normalized spacial score (nSPS) is 27.5. The molecule has 2 aromatic heterocycles. The van der Waals surface area contributed by atoms with Crippen LogP contribution in [-0.4, -0.2) is 55.8 Å². The van der Waals surface area contributed by atoms with Gasteiger partial charge < -0.3 is 19.3 Å². The molecule has 37 heavy (non-hydrogen) atoms. The van der Waals surface area contributed by atoms with E-state index < -0.39 is 36.7 Å². The Morgan fingerprint density at radius 2 is 2.03 bits per heavy atom. The van der Waals surface area contributed by atoms with Crippen molar-refractivity contribution in [2.24, 2.45) is 5.11 Å². The number of rotatable bonds is 5. The fraction of sp³-hybridized carbons (Fsp3) is 0.400. The highest BCUT2D eigenvalue weighted by molar-refractivity contribution is 7.18. The van der Waals surface area contributed by atoms with Gasteiger partial charge in [-0.15, -0.1) is 11.3 Å². The average Bonchev–Trinajstić information content (AvgIpc) is 3.53. The van der Waals surface area contributed by atoms with Gasteiger partial charge in [0.05, 0.1) is 39.7 Å². The number of thiazole rings is 1. The average molecular weight is 520 g/mol. The summed E-state index contributed by atoms with van der Waals surface area (Å²) in [6.45, 7) is 4.05. The molecular formula is C25H25N7O4S. The van der Waals surface area contributed by atoms with Crippen LogP contribution in [0.2, 0.25) is 0 Å². The lowest BCUT2D eigenvalue weighted by atomic mass is 9.91. The highest BCUT2D eigenvalue weighted by Crippen LogP contribution is 2.40. The fourth-order valence-corrected chi connectivity index (χ4v) is 5.79. The molecule has 1 N–H and O–H groups in total. The summed E-state index contributed by atoms with van der Waals surface area (Å²) in [6, 6.07) is 14.4. The number of hydrogen-bond donors (Lipinski definition) is 1. The summed E-state index contributed by atoms with van der Waals surface area (Å²) in [7, 11) is 0. The van der Waals surface area contributed by atoms with Gasteiger partial charge in [0.25, 0.3) is 0 Å². The SMILES string of the molecule is CCc1nc2ccc(-n3nc(C)nc3[C@@H]3OC4COC(c5ccccc5)O[C@@H]4C(N=[N+]=[N-])C3O)cc2s1. The van der Waals surface area contributed by atoms with Crippen LogP contribution in [0.4, 0.5) is 0 Å². The number of azide groups is 1. The van der Waals surface area contributed by atoms with E-state index in [9.17, 15) is 10.6 Å².